The number of carboxylic acid groups (broad SMARTS) is 1. The number of halogens is 4. The summed E-state index contributed by atoms with van der Waals surface area (Å²) in [5.74, 6) is -3.07. The second-order valence-electron chi connectivity index (χ2n) is 10.2. The van der Waals surface area contributed by atoms with Crippen LogP contribution in [0.2, 0.25) is 0 Å². The molecule has 0 aliphatic heterocycles. The zero-order chi connectivity index (χ0) is 33.6. The van der Waals surface area contributed by atoms with Crippen molar-refractivity contribution in [3.8, 4) is 5.75 Å². The van der Waals surface area contributed by atoms with Crippen LogP contribution in [0.4, 0.5) is 29.1 Å². The highest BCUT2D eigenvalue weighted by molar-refractivity contribution is 7.92. The minimum Gasteiger partial charge on any atom is -0.494 e. The molecule has 1 heterocycles. The fraction of sp³-hybridized carbons (Fsp3) is 0.258. The number of fused-ring (bicyclic) bond motifs is 1. The van der Waals surface area contributed by atoms with Crippen LogP contribution in [0.5, 0.6) is 5.75 Å². The molecule has 15 heteroatoms. The highest BCUT2D eigenvalue weighted by Gasteiger charge is 2.39. The molecule has 1 amide bonds. The van der Waals surface area contributed by atoms with Gasteiger partial charge in [-0.05, 0) is 79.2 Å². The Morgan fingerprint density at radius 3 is 2.43 bits per heavy atom. The van der Waals surface area contributed by atoms with Crippen LogP contribution in [0, 0.1) is 5.82 Å². The van der Waals surface area contributed by atoms with Crippen LogP contribution in [0.3, 0.4) is 0 Å². The number of sulfone groups is 1. The summed E-state index contributed by atoms with van der Waals surface area (Å²) in [4.78, 5) is 26.8. The lowest BCUT2D eigenvalue weighted by molar-refractivity contribution is -0.192. The summed E-state index contributed by atoms with van der Waals surface area (Å²) in [7, 11) is -3.47. The van der Waals surface area contributed by atoms with E-state index >= 15 is 4.39 Å². The average Bonchev–Trinajstić information content (AvgIpc) is 3.87. The Bertz CT molecular complexity index is 1850. The Hall–Kier alpha value is -4.92. The molecule has 4 aromatic rings. The van der Waals surface area contributed by atoms with Crippen LogP contribution >= 0.6 is 0 Å². The van der Waals surface area contributed by atoms with Crippen molar-refractivity contribution in [2.75, 3.05) is 17.7 Å². The van der Waals surface area contributed by atoms with E-state index in [4.69, 9.17) is 20.4 Å². The molecule has 0 spiro atoms. The molecule has 244 valence electrons. The normalized spacial score (nSPS) is 13.7. The van der Waals surface area contributed by atoms with Crippen molar-refractivity contribution in [3.63, 3.8) is 0 Å². The van der Waals surface area contributed by atoms with Gasteiger partial charge in [0.2, 0.25) is 5.91 Å². The molecule has 5 rings (SSSR count). The highest BCUT2D eigenvalue weighted by Crippen LogP contribution is 2.35. The Morgan fingerprint density at radius 1 is 1.09 bits per heavy atom. The summed E-state index contributed by atoms with van der Waals surface area (Å²) < 4.78 is 78.3. The van der Waals surface area contributed by atoms with Gasteiger partial charge in [0.1, 0.15) is 23.4 Å². The molecule has 0 bridgehead atoms. The molecule has 1 saturated carbocycles. The number of nitrogens with two attached hydrogens (primary N) is 1. The molecule has 1 aromatic heterocycles. The van der Waals surface area contributed by atoms with E-state index in [9.17, 15) is 26.4 Å². The van der Waals surface area contributed by atoms with Crippen LogP contribution in [-0.2, 0) is 26.0 Å². The standard InChI is InChI=1S/C29H29FN4O4S.C2HF3O2/c1-2-38-21-8-12-25(30)24(16-21)27(34-20-7-11-23-18(15-20)13-14-32-28(23)31)29(35)33-17-19-5-3-4-6-26(19)39(36,37)22-9-10-22;3-2(4,5)1(6)7/h3-8,11-16,22,27,34H,2,9-10,17H2,1H3,(H2,31,32)(H,33,35);(H,6,7). The summed E-state index contributed by atoms with van der Waals surface area (Å²) in [5.41, 5.74) is 7.10. The minimum atomic E-state index is -5.08. The largest absolute Gasteiger partial charge is 0.494 e. The van der Waals surface area contributed by atoms with E-state index in [0.29, 0.717) is 42.3 Å². The number of nitrogens with zero attached hydrogens (tertiary/aromatic N) is 1. The van der Waals surface area contributed by atoms with Gasteiger partial charge in [0.05, 0.1) is 16.8 Å². The van der Waals surface area contributed by atoms with Gasteiger partial charge in [0, 0.05) is 29.4 Å². The van der Waals surface area contributed by atoms with Crippen molar-refractivity contribution in [1.82, 2.24) is 10.3 Å². The number of rotatable bonds is 10. The zero-order valence-corrected chi connectivity index (χ0v) is 25.2. The van der Waals surface area contributed by atoms with E-state index in [0.717, 1.165) is 10.8 Å². The van der Waals surface area contributed by atoms with Gasteiger partial charge in [-0.15, -0.1) is 0 Å². The lowest BCUT2D eigenvalue weighted by atomic mass is 10.0. The number of carbonyl (C=O) groups excluding carboxylic acids is 1. The molecular weight excluding hydrogens is 632 g/mol. The van der Waals surface area contributed by atoms with Gasteiger partial charge < -0.3 is 26.2 Å². The van der Waals surface area contributed by atoms with E-state index in [1.54, 1.807) is 54.7 Å². The van der Waals surface area contributed by atoms with E-state index in [1.807, 2.05) is 6.92 Å². The van der Waals surface area contributed by atoms with Crippen molar-refractivity contribution in [2.24, 2.45) is 0 Å². The third kappa shape index (κ3) is 8.21. The quantitative estimate of drug-likeness (QED) is 0.163. The van der Waals surface area contributed by atoms with Gasteiger partial charge in [0.25, 0.3) is 0 Å². The molecule has 5 N–H and O–H groups in total. The number of nitrogen functional groups attached to an aromatic ring is 1. The average molecular weight is 663 g/mol. The molecule has 0 saturated heterocycles. The number of amides is 1. The molecule has 10 nitrogen and oxygen atoms in total. The Morgan fingerprint density at radius 2 is 1.78 bits per heavy atom. The summed E-state index contributed by atoms with van der Waals surface area (Å²) in [5, 5.41) is 14.2. The molecule has 3 aromatic carbocycles. The fourth-order valence-electron chi connectivity index (χ4n) is 4.51. The fourth-order valence-corrected chi connectivity index (χ4v) is 6.40. The number of carbonyl (C=O) groups is 2. The highest BCUT2D eigenvalue weighted by atomic mass is 32.2. The van der Waals surface area contributed by atoms with E-state index < -0.39 is 39.7 Å². The SMILES string of the molecule is CCOc1ccc(F)c(C(Nc2ccc3c(N)nccc3c2)C(=O)NCc2ccccc2S(=O)(=O)C2CC2)c1.O=C(O)C(F)(F)F. The number of hydrogen-bond donors (Lipinski definition) is 4. The molecule has 1 aliphatic carbocycles. The van der Waals surface area contributed by atoms with Gasteiger partial charge in [0.15, 0.2) is 9.84 Å². The van der Waals surface area contributed by atoms with E-state index in [2.05, 4.69) is 15.6 Å². The predicted octanol–water partition coefficient (Wildman–Crippen LogP) is 5.39. The van der Waals surface area contributed by atoms with Crippen LogP contribution < -0.4 is 21.1 Å². The number of aliphatic carboxylic acids is 1. The van der Waals surface area contributed by atoms with Gasteiger partial charge >= 0.3 is 12.1 Å². The number of ether oxygens (including phenoxy) is 1. The van der Waals surface area contributed by atoms with Crippen molar-refractivity contribution < 1.29 is 45.4 Å². The van der Waals surface area contributed by atoms with Crippen molar-refractivity contribution in [2.45, 2.75) is 48.7 Å². The Kier molecular flexibility index (Phi) is 10.4. The second kappa shape index (κ2) is 14.0. The number of pyridine rings is 1. The number of nitrogens with one attached hydrogen (secondary N) is 2. The zero-order valence-electron chi connectivity index (χ0n) is 24.3. The Labute approximate surface area is 261 Å². The molecule has 1 unspecified atom stereocenters. The smallest absolute Gasteiger partial charge is 0.490 e. The first kappa shape index (κ1) is 34.0. The molecule has 1 atom stereocenters. The number of benzene rings is 3. The first-order chi connectivity index (χ1) is 21.7. The summed E-state index contributed by atoms with van der Waals surface area (Å²) in [6.45, 7) is 2.15. The maximum atomic E-state index is 15.1. The van der Waals surface area contributed by atoms with Crippen LogP contribution in [0.15, 0.2) is 77.8 Å². The molecule has 1 fully saturated rings. The third-order valence-corrected chi connectivity index (χ3v) is 9.26. The number of aromatic nitrogens is 1. The van der Waals surface area contributed by atoms with Gasteiger partial charge in [-0.1, -0.05) is 18.2 Å². The van der Waals surface area contributed by atoms with Crippen LogP contribution in [0.1, 0.15) is 36.9 Å². The topological polar surface area (TPSA) is 161 Å². The predicted molar refractivity (Wildman–Crippen MR) is 162 cm³/mol. The monoisotopic (exact) mass is 662 g/mol. The molecule has 46 heavy (non-hydrogen) atoms. The summed E-state index contributed by atoms with van der Waals surface area (Å²) >= 11 is 0. The minimum absolute atomic E-state index is 0.0359. The van der Waals surface area contributed by atoms with Gasteiger partial charge in [-0.25, -0.2) is 22.6 Å². The lowest BCUT2D eigenvalue weighted by Crippen LogP contribution is -2.34. The molecular formula is C31H30F4N4O6S. The molecule has 1 aliphatic rings. The van der Waals surface area contributed by atoms with Crippen LogP contribution in [0.25, 0.3) is 10.8 Å². The number of alkyl halides is 3. The third-order valence-electron chi connectivity index (χ3n) is 6.90. The maximum absolute atomic E-state index is 15.1. The first-order valence-corrected chi connectivity index (χ1v) is 15.5. The van der Waals surface area contributed by atoms with Crippen molar-refractivity contribution >= 4 is 44.0 Å². The number of carboxylic acids is 1. The Balaban J connectivity index is 0.000000617. The van der Waals surface area contributed by atoms with Gasteiger partial charge in [-0.2, -0.15) is 13.2 Å². The van der Waals surface area contributed by atoms with Crippen molar-refractivity contribution in [1.29, 1.82) is 0 Å². The second-order valence-corrected chi connectivity index (χ2v) is 12.4. The number of anilines is 2. The van der Waals surface area contributed by atoms with Crippen LogP contribution in [-0.4, -0.2) is 48.4 Å². The first-order valence-electron chi connectivity index (χ1n) is 13.9. The number of hydrogen-bond acceptors (Lipinski definition) is 8. The van der Waals surface area contributed by atoms with Crippen molar-refractivity contribution in [3.05, 3.63) is 89.9 Å². The summed E-state index contributed by atoms with van der Waals surface area (Å²) in [6.07, 6.45) is -2.22. The van der Waals surface area contributed by atoms with E-state index in [1.165, 1.54) is 18.2 Å². The summed E-state index contributed by atoms with van der Waals surface area (Å²) in [6, 6.07) is 16.8. The maximum Gasteiger partial charge on any atom is 0.490 e. The lowest BCUT2D eigenvalue weighted by Gasteiger charge is -2.22. The van der Waals surface area contributed by atoms with E-state index in [-0.39, 0.29) is 22.3 Å². The molecule has 0 radical (unpaired) electrons. The van der Waals surface area contributed by atoms with Gasteiger partial charge in [-0.3, -0.25) is 4.79 Å².